The van der Waals surface area contributed by atoms with Crippen LogP contribution >= 0.6 is 0 Å². The van der Waals surface area contributed by atoms with Crippen molar-refractivity contribution in [2.75, 3.05) is 44.7 Å². The van der Waals surface area contributed by atoms with E-state index in [-0.39, 0.29) is 12.1 Å². The number of rotatable bonds is 5. The molecule has 0 aromatic heterocycles. The molecular weight excluding hydrogens is 262 g/mol. The lowest BCUT2D eigenvalue weighted by molar-refractivity contribution is 0.202. The van der Waals surface area contributed by atoms with Crippen LogP contribution in [-0.2, 0) is 10.8 Å². The molecule has 0 aliphatic carbocycles. The van der Waals surface area contributed by atoms with Crippen LogP contribution in [0.3, 0.4) is 0 Å². The van der Waals surface area contributed by atoms with E-state index in [1.807, 2.05) is 7.05 Å². The molecule has 5 nitrogen and oxygen atoms in total. The highest BCUT2D eigenvalue weighted by atomic mass is 32.2. The molecule has 2 aliphatic rings. The Hall–Kier alpha value is -0.620. The van der Waals surface area contributed by atoms with Crippen LogP contribution in [0, 0.1) is 0 Å². The molecular formula is C13H25N3O2S. The van der Waals surface area contributed by atoms with Crippen molar-refractivity contribution in [2.45, 2.75) is 31.7 Å². The highest BCUT2D eigenvalue weighted by Gasteiger charge is 2.23. The second kappa shape index (κ2) is 7.24. The fourth-order valence-corrected chi connectivity index (χ4v) is 4.12. The summed E-state index contributed by atoms with van der Waals surface area (Å²) in [7, 11) is 1.11. The van der Waals surface area contributed by atoms with Gasteiger partial charge in [-0.05, 0) is 45.3 Å². The van der Waals surface area contributed by atoms with E-state index in [0.717, 1.165) is 31.7 Å². The normalized spacial score (nSPS) is 27.6. The highest BCUT2D eigenvalue weighted by Crippen LogP contribution is 2.09. The smallest absolute Gasteiger partial charge is 0.317 e. The highest BCUT2D eigenvalue weighted by molar-refractivity contribution is 7.85. The zero-order valence-corrected chi connectivity index (χ0v) is 12.6. The van der Waals surface area contributed by atoms with Crippen LogP contribution in [0.1, 0.15) is 25.7 Å². The van der Waals surface area contributed by atoms with E-state index >= 15 is 0 Å². The SMILES string of the molecule is CN(CCCN1CCCC1)C(=O)NC1CCS(=O)C1. The van der Waals surface area contributed by atoms with Gasteiger partial charge in [-0.15, -0.1) is 0 Å². The molecule has 2 aliphatic heterocycles. The summed E-state index contributed by atoms with van der Waals surface area (Å²) < 4.78 is 11.3. The van der Waals surface area contributed by atoms with Gasteiger partial charge in [-0.1, -0.05) is 0 Å². The van der Waals surface area contributed by atoms with Crippen molar-refractivity contribution in [3.05, 3.63) is 0 Å². The summed E-state index contributed by atoms with van der Waals surface area (Å²) in [6.45, 7) is 4.30. The molecule has 0 aromatic carbocycles. The third-order valence-electron chi connectivity index (χ3n) is 3.92. The summed E-state index contributed by atoms with van der Waals surface area (Å²) in [5.41, 5.74) is 0. The first kappa shape index (κ1) is 14.8. The molecule has 0 aromatic rings. The zero-order chi connectivity index (χ0) is 13.7. The van der Waals surface area contributed by atoms with Gasteiger partial charge < -0.3 is 15.1 Å². The second-order valence-corrected chi connectivity index (χ2v) is 7.19. The Morgan fingerprint density at radius 1 is 1.42 bits per heavy atom. The van der Waals surface area contributed by atoms with Gasteiger partial charge in [0.15, 0.2) is 0 Å². The Kier molecular flexibility index (Phi) is 5.63. The molecule has 2 atom stereocenters. The molecule has 2 saturated heterocycles. The van der Waals surface area contributed by atoms with Gasteiger partial charge >= 0.3 is 6.03 Å². The summed E-state index contributed by atoms with van der Waals surface area (Å²) >= 11 is 0. The van der Waals surface area contributed by atoms with Gasteiger partial charge in [0.05, 0.1) is 0 Å². The molecule has 6 heteroatoms. The van der Waals surface area contributed by atoms with Gasteiger partial charge in [0.2, 0.25) is 0 Å². The quantitative estimate of drug-likeness (QED) is 0.807. The summed E-state index contributed by atoms with van der Waals surface area (Å²) in [4.78, 5) is 16.1. The molecule has 2 rings (SSSR count). The molecule has 2 heterocycles. The van der Waals surface area contributed by atoms with E-state index in [1.54, 1.807) is 4.90 Å². The van der Waals surface area contributed by atoms with Crippen LogP contribution in [0.4, 0.5) is 4.79 Å². The molecule has 2 fully saturated rings. The van der Waals surface area contributed by atoms with E-state index in [4.69, 9.17) is 0 Å². The third kappa shape index (κ3) is 4.76. The Morgan fingerprint density at radius 3 is 2.79 bits per heavy atom. The van der Waals surface area contributed by atoms with Gasteiger partial charge in [0.25, 0.3) is 0 Å². The predicted octanol–water partition coefficient (Wildman–Crippen LogP) is 0.635. The van der Waals surface area contributed by atoms with Gasteiger partial charge in [-0.25, -0.2) is 4.79 Å². The fourth-order valence-electron chi connectivity index (χ4n) is 2.70. The average Bonchev–Trinajstić information content (AvgIpc) is 3.01. The lowest BCUT2D eigenvalue weighted by Crippen LogP contribution is -2.44. The van der Waals surface area contributed by atoms with Crippen LogP contribution < -0.4 is 5.32 Å². The Bertz CT molecular complexity index is 332. The van der Waals surface area contributed by atoms with Gasteiger partial charge in [-0.2, -0.15) is 0 Å². The Morgan fingerprint density at radius 2 is 2.16 bits per heavy atom. The van der Waals surface area contributed by atoms with Crippen LogP contribution in [-0.4, -0.2) is 70.8 Å². The van der Waals surface area contributed by atoms with Crippen LogP contribution in [0.2, 0.25) is 0 Å². The van der Waals surface area contributed by atoms with Gasteiger partial charge in [-0.3, -0.25) is 4.21 Å². The molecule has 19 heavy (non-hydrogen) atoms. The van der Waals surface area contributed by atoms with E-state index < -0.39 is 10.8 Å². The Labute approximate surface area is 118 Å². The minimum atomic E-state index is -0.730. The minimum absolute atomic E-state index is 0.0229. The molecule has 0 saturated carbocycles. The maximum atomic E-state index is 11.9. The topological polar surface area (TPSA) is 52.6 Å². The number of carbonyl (C=O) groups excluding carboxylic acids is 1. The summed E-state index contributed by atoms with van der Waals surface area (Å²) in [6.07, 6.45) is 4.50. The summed E-state index contributed by atoms with van der Waals surface area (Å²) in [5.74, 6) is 1.34. The Balaban J connectivity index is 1.60. The van der Waals surface area contributed by atoms with Crippen molar-refractivity contribution in [3.8, 4) is 0 Å². The van der Waals surface area contributed by atoms with Crippen molar-refractivity contribution in [2.24, 2.45) is 0 Å². The molecule has 0 radical (unpaired) electrons. The fraction of sp³-hybridized carbons (Fsp3) is 0.923. The maximum Gasteiger partial charge on any atom is 0.317 e. The minimum Gasteiger partial charge on any atom is -0.334 e. The predicted molar refractivity (Wildman–Crippen MR) is 77.7 cm³/mol. The lowest BCUT2D eigenvalue weighted by Gasteiger charge is -2.22. The zero-order valence-electron chi connectivity index (χ0n) is 11.8. The standard InChI is InChI=1S/C13H25N3O2S/c1-15(6-4-9-16-7-2-3-8-16)13(17)14-12-5-10-19(18)11-12/h12H,2-11H2,1H3,(H,14,17). The van der Waals surface area contributed by atoms with Crippen molar-refractivity contribution >= 4 is 16.8 Å². The van der Waals surface area contributed by atoms with Crippen LogP contribution in [0.5, 0.6) is 0 Å². The molecule has 2 unspecified atom stereocenters. The average molecular weight is 287 g/mol. The number of likely N-dealkylation sites (tertiary alicyclic amines) is 1. The number of hydrogen-bond donors (Lipinski definition) is 1. The van der Waals surface area contributed by atoms with E-state index in [2.05, 4.69) is 10.2 Å². The van der Waals surface area contributed by atoms with Crippen molar-refractivity contribution in [1.29, 1.82) is 0 Å². The van der Waals surface area contributed by atoms with Gasteiger partial charge in [0, 0.05) is 41.9 Å². The molecule has 0 bridgehead atoms. The molecule has 110 valence electrons. The van der Waals surface area contributed by atoms with E-state index in [1.165, 1.54) is 25.9 Å². The van der Waals surface area contributed by atoms with Gasteiger partial charge in [0.1, 0.15) is 0 Å². The lowest BCUT2D eigenvalue weighted by atomic mass is 10.3. The van der Waals surface area contributed by atoms with Crippen LogP contribution in [0.15, 0.2) is 0 Å². The number of urea groups is 1. The van der Waals surface area contributed by atoms with Crippen LogP contribution in [0.25, 0.3) is 0 Å². The van der Waals surface area contributed by atoms with Crippen molar-refractivity contribution in [1.82, 2.24) is 15.1 Å². The molecule has 1 N–H and O–H groups in total. The summed E-state index contributed by atoms with van der Waals surface area (Å²) in [5, 5.41) is 2.97. The van der Waals surface area contributed by atoms with E-state index in [9.17, 15) is 9.00 Å². The maximum absolute atomic E-state index is 11.9. The number of nitrogens with zero attached hydrogens (tertiary/aromatic N) is 2. The number of hydrogen-bond acceptors (Lipinski definition) is 3. The summed E-state index contributed by atoms with van der Waals surface area (Å²) in [6, 6.07) is 0.0830. The molecule has 2 amide bonds. The first-order valence-corrected chi connectivity index (χ1v) is 8.73. The first-order chi connectivity index (χ1) is 9.15. The first-order valence-electron chi connectivity index (χ1n) is 7.24. The molecule has 0 spiro atoms. The van der Waals surface area contributed by atoms with Crippen molar-refractivity contribution < 1.29 is 9.00 Å². The number of carbonyl (C=O) groups is 1. The number of amides is 2. The third-order valence-corrected chi connectivity index (χ3v) is 5.39. The van der Waals surface area contributed by atoms with Crippen molar-refractivity contribution in [3.63, 3.8) is 0 Å². The van der Waals surface area contributed by atoms with E-state index in [0.29, 0.717) is 5.75 Å². The monoisotopic (exact) mass is 287 g/mol. The number of nitrogens with one attached hydrogen (secondary N) is 1. The largest absolute Gasteiger partial charge is 0.334 e. The second-order valence-electron chi connectivity index (χ2n) is 5.57.